The van der Waals surface area contributed by atoms with Gasteiger partial charge in [0, 0.05) is 32.7 Å². The average molecular weight is 266 g/mol. The summed E-state index contributed by atoms with van der Waals surface area (Å²) in [5.74, 6) is 0. The van der Waals surface area contributed by atoms with Crippen molar-refractivity contribution in [2.75, 3.05) is 39.4 Å². The summed E-state index contributed by atoms with van der Waals surface area (Å²) in [4.78, 5) is 15.5. The molecule has 2 rings (SSSR count). The van der Waals surface area contributed by atoms with E-state index in [0.717, 1.165) is 5.56 Å². The van der Waals surface area contributed by atoms with Gasteiger partial charge < -0.3 is 9.64 Å². The van der Waals surface area contributed by atoms with Crippen LogP contribution in [-0.2, 0) is 11.3 Å². The van der Waals surface area contributed by atoms with Crippen LogP contribution in [-0.4, -0.2) is 55.3 Å². The van der Waals surface area contributed by atoms with Crippen molar-refractivity contribution in [3.63, 3.8) is 0 Å². The molecular formula is C14H19FN2O2. The molecule has 0 saturated carbocycles. The number of benzene rings is 1. The van der Waals surface area contributed by atoms with Crippen molar-refractivity contribution in [2.24, 2.45) is 0 Å². The summed E-state index contributed by atoms with van der Waals surface area (Å²) in [6.07, 6.45) is -0.288. The summed E-state index contributed by atoms with van der Waals surface area (Å²) >= 11 is 0. The Labute approximate surface area is 112 Å². The number of amides is 1. The van der Waals surface area contributed by atoms with Gasteiger partial charge in [0.05, 0.1) is 0 Å². The molecule has 0 aliphatic carbocycles. The summed E-state index contributed by atoms with van der Waals surface area (Å²) in [5.41, 5.74) is 0.979. The van der Waals surface area contributed by atoms with E-state index in [1.807, 2.05) is 35.2 Å². The van der Waals surface area contributed by atoms with Crippen molar-refractivity contribution < 1.29 is 13.9 Å². The molecule has 0 bridgehead atoms. The molecule has 1 amide bonds. The SMILES string of the molecule is O=C(OCc1ccccc1)N1CCN(CCF)CC1. The predicted octanol–water partition coefficient (Wildman–Crippen LogP) is 1.91. The van der Waals surface area contributed by atoms with Crippen molar-refractivity contribution in [3.8, 4) is 0 Å². The Balaban J connectivity index is 1.73. The molecule has 1 aromatic rings. The molecule has 5 heteroatoms. The van der Waals surface area contributed by atoms with Crippen LogP contribution in [0.4, 0.5) is 9.18 Å². The van der Waals surface area contributed by atoms with Gasteiger partial charge >= 0.3 is 6.09 Å². The molecule has 1 aliphatic rings. The molecule has 0 atom stereocenters. The van der Waals surface area contributed by atoms with Crippen molar-refractivity contribution in [1.82, 2.24) is 9.80 Å². The first-order valence-corrected chi connectivity index (χ1v) is 6.53. The number of carbonyl (C=O) groups excluding carboxylic acids is 1. The topological polar surface area (TPSA) is 32.8 Å². The Morgan fingerprint density at radius 2 is 1.84 bits per heavy atom. The third-order valence-corrected chi connectivity index (χ3v) is 3.24. The number of halogens is 1. The van der Waals surface area contributed by atoms with Crippen LogP contribution in [0, 0.1) is 0 Å². The molecule has 0 spiro atoms. The zero-order chi connectivity index (χ0) is 13.5. The van der Waals surface area contributed by atoms with Crippen molar-refractivity contribution in [1.29, 1.82) is 0 Å². The van der Waals surface area contributed by atoms with E-state index in [1.165, 1.54) is 0 Å². The van der Waals surface area contributed by atoms with Crippen molar-refractivity contribution in [2.45, 2.75) is 6.61 Å². The smallest absolute Gasteiger partial charge is 0.410 e. The highest BCUT2D eigenvalue weighted by atomic mass is 19.1. The van der Waals surface area contributed by atoms with Gasteiger partial charge in [0.25, 0.3) is 0 Å². The zero-order valence-corrected chi connectivity index (χ0v) is 10.9. The summed E-state index contributed by atoms with van der Waals surface area (Å²) in [5, 5.41) is 0. The molecule has 104 valence electrons. The Hall–Kier alpha value is -1.62. The van der Waals surface area contributed by atoms with E-state index in [2.05, 4.69) is 0 Å². The highest BCUT2D eigenvalue weighted by Crippen LogP contribution is 2.06. The number of rotatable bonds is 4. The minimum atomic E-state index is -0.335. The third kappa shape index (κ3) is 4.21. The molecular weight excluding hydrogens is 247 g/mol. The van der Waals surface area contributed by atoms with Crippen LogP contribution in [0.15, 0.2) is 30.3 Å². The van der Waals surface area contributed by atoms with Gasteiger partial charge in [-0.3, -0.25) is 4.90 Å². The van der Waals surface area contributed by atoms with E-state index in [-0.39, 0.29) is 12.8 Å². The average Bonchev–Trinajstić information content (AvgIpc) is 2.47. The van der Waals surface area contributed by atoms with Crippen LogP contribution in [0.25, 0.3) is 0 Å². The molecule has 0 unspecified atom stereocenters. The number of hydrogen-bond acceptors (Lipinski definition) is 3. The molecule has 1 saturated heterocycles. The van der Waals surface area contributed by atoms with Gasteiger partial charge in [0.2, 0.25) is 0 Å². The number of carbonyl (C=O) groups is 1. The Kier molecular flexibility index (Phi) is 5.15. The first-order valence-electron chi connectivity index (χ1n) is 6.53. The van der Waals surface area contributed by atoms with Gasteiger partial charge in [-0.25, -0.2) is 9.18 Å². The van der Waals surface area contributed by atoms with Gasteiger partial charge in [0.15, 0.2) is 0 Å². The highest BCUT2D eigenvalue weighted by Gasteiger charge is 2.21. The van der Waals surface area contributed by atoms with Gasteiger partial charge in [-0.05, 0) is 5.56 Å². The van der Waals surface area contributed by atoms with Gasteiger partial charge in [-0.2, -0.15) is 0 Å². The minimum Gasteiger partial charge on any atom is -0.445 e. The maximum atomic E-state index is 12.2. The molecule has 4 nitrogen and oxygen atoms in total. The van der Waals surface area contributed by atoms with Gasteiger partial charge in [-0.1, -0.05) is 30.3 Å². The Bertz CT molecular complexity index is 392. The number of ether oxygens (including phenoxy) is 1. The molecule has 1 aliphatic heterocycles. The van der Waals surface area contributed by atoms with E-state index in [9.17, 15) is 9.18 Å². The summed E-state index contributed by atoms with van der Waals surface area (Å²) < 4.78 is 17.5. The number of alkyl halides is 1. The number of hydrogen-bond donors (Lipinski definition) is 0. The second kappa shape index (κ2) is 7.09. The second-order valence-electron chi connectivity index (χ2n) is 4.56. The minimum absolute atomic E-state index is 0.288. The van der Waals surface area contributed by atoms with Gasteiger partial charge in [-0.15, -0.1) is 0 Å². The molecule has 0 N–H and O–H groups in total. The Morgan fingerprint density at radius 1 is 1.16 bits per heavy atom. The first-order chi connectivity index (χ1) is 9.29. The fourth-order valence-corrected chi connectivity index (χ4v) is 2.08. The van der Waals surface area contributed by atoms with E-state index < -0.39 is 0 Å². The molecule has 1 aromatic carbocycles. The quantitative estimate of drug-likeness (QED) is 0.834. The predicted molar refractivity (Wildman–Crippen MR) is 70.6 cm³/mol. The van der Waals surface area contributed by atoms with E-state index in [1.54, 1.807) is 4.90 Å². The zero-order valence-electron chi connectivity index (χ0n) is 10.9. The largest absolute Gasteiger partial charge is 0.445 e. The van der Waals surface area contributed by atoms with Crippen LogP contribution in [0.3, 0.4) is 0 Å². The summed E-state index contributed by atoms with van der Waals surface area (Å²) in [7, 11) is 0. The van der Waals surface area contributed by atoms with Crippen LogP contribution in [0.1, 0.15) is 5.56 Å². The monoisotopic (exact) mass is 266 g/mol. The number of nitrogens with zero attached hydrogens (tertiary/aromatic N) is 2. The maximum absolute atomic E-state index is 12.2. The van der Waals surface area contributed by atoms with Crippen molar-refractivity contribution >= 4 is 6.09 Å². The van der Waals surface area contributed by atoms with Gasteiger partial charge in [0.1, 0.15) is 13.3 Å². The summed E-state index contributed by atoms with van der Waals surface area (Å²) in [6, 6.07) is 9.60. The summed E-state index contributed by atoms with van der Waals surface area (Å²) in [6.45, 7) is 3.05. The van der Waals surface area contributed by atoms with E-state index >= 15 is 0 Å². The standard InChI is InChI=1S/C14H19FN2O2/c15-6-7-16-8-10-17(11-9-16)14(18)19-12-13-4-2-1-3-5-13/h1-5H,6-12H2. The van der Waals surface area contributed by atoms with E-state index in [4.69, 9.17) is 4.74 Å². The maximum Gasteiger partial charge on any atom is 0.410 e. The third-order valence-electron chi connectivity index (χ3n) is 3.24. The lowest BCUT2D eigenvalue weighted by atomic mass is 10.2. The fraction of sp³-hybridized carbons (Fsp3) is 0.500. The lowest BCUT2D eigenvalue weighted by molar-refractivity contribution is 0.0704. The van der Waals surface area contributed by atoms with Crippen LogP contribution >= 0.6 is 0 Å². The molecule has 1 heterocycles. The fourth-order valence-electron chi connectivity index (χ4n) is 2.08. The van der Waals surface area contributed by atoms with Crippen LogP contribution < -0.4 is 0 Å². The van der Waals surface area contributed by atoms with Crippen LogP contribution in [0.5, 0.6) is 0 Å². The molecule has 0 radical (unpaired) electrons. The van der Waals surface area contributed by atoms with Crippen molar-refractivity contribution in [3.05, 3.63) is 35.9 Å². The van der Waals surface area contributed by atoms with E-state index in [0.29, 0.717) is 39.3 Å². The highest BCUT2D eigenvalue weighted by molar-refractivity contribution is 5.67. The number of piperazine rings is 1. The molecule has 19 heavy (non-hydrogen) atoms. The molecule has 0 aromatic heterocycles. The lowest BCUT2D eigenvalue weighted by Gasteiger charge is -2.33. The lowest BCUT2D eigenvalue weighted by Crippen LogP contribution is -2.49. The Morgan fingerprint density at radius 3 is 2.47 bits per heavy atom. The normalized spacial score (nSPS) is 16.4. The van der Waals surface area contributed by atoms with Crippen LogP contribution in [0.2, 0.25) is 0 Å². The molecule has 1 fully saturated rings. The first kappa shape index (κ1) is 13.8. The second-order valence-corrected chi connectivity index (χ2v) is 4.56.